The summed E-state index contributed by atoms with van der Waals surface area (Å²) >= 11 is 0. The lowest BCUT2D eigenvalue weighted by molar-refractivity contribution is -0.946. The minimum Gasteiger partial charge on any atom is -0.508 e. The number of hydrogen-bond donors (Lipinski definition) is 5. The molecule has 0 spiro atoms. The van der Waals surface area contributed by atoms with Crippen molar-refractivity contribution < 1.29 is 34.4 Å². The maximum absolute atomic E-state index is 12.0. The molecule has 2 bridgehead atoms. The maximum atomic E-state index is 12.0. The summed E-state index contributed by atoms with van der Waals surface area (Å²) in [4.78, 5) is 0. The molecule has 1 unspecified atom stereocenters. The lowest BCUT2D eigenvalue weighted by atomic mass is 9.80. The number of nitrogens with zero attached hydrogens (tertiary/aromatic N) is 1. The van der Waals surface area contributed by atoms with Crippen LogP contribution < -0.4 is 10.1 Å². The van der Waals surface area contributed by atoms with Gasteiger partial charge in [-0.05, 0) is 80.0 Å². The number of nitrogens with one attached hydrogen (secondary N) is 1. The molecule has 0 amide bonds. The second kappa shape index (κ2) is 15.5. The highest BCUT2D eigenvalue weighted by atomic mass is 16.5. The van der Waals surface area contributed by atoms with Crippen LogP contribution in [-0.4, -0.2) is 82.5 Å². The molecule has 4 fully saturated rings. The predicted molar refractivity (Wildman–Crippen MR) is 191 cm³/mol. The van der Waals surface area contributed by atoms with Crippen LogP contribution in [0.4, 0.5) is 0 Å². The number of aromatic hydroxyl groups is 1. The number of quaternary nitrogens is 1. The zero-order chi connectivity index (χ0) is 34.5. The van der Waals surface area contributed by atoms with Gasteiger partial charge in [-0.2, -0.15) is 0 Å². The Labute approximate surface area is 292 Å². The van der Waals surface area contributed by atoms with E-state index in [9.17, 15) is 20.4 Å². The van der Waals surface area contributed by atoms with Gasteiger partial charge in [-0.25, -0.2) is 0 Å². The molecule has 3 atom stereocenters. The van der Waals surface area contributed by atoms with E-state index < -0.39 is 11.7 Å². The Balaban J connectivity index is 0.973. The van der Waals surface area contributed by atoms with E-state index in [0.29, 0.717) is 36.8 Å². The molecule has 0 aromatic heterocycles. The fraction of sp³-hybridized carbons (Fsp3) is 0.561. The van der Waals surface area contributed by atoms with Gasteiger partial charge >= 0.3 is 0 Å². The largest absolute Gasteiger partial charge is 0.508 e. The molecule has 8 nitrogen and oxygen atoms in total. The van der Waals surface area contributed by atoms with Crippen LogP contribution in [0.25, 0.3) is 0 Å². The summed E-state index contributed by atoms with van der Waals surface area (Å²) in [5.74, 6) is 1.73. The normalized spacial score (nSPS) is 24.5. The average Bonchev–Trinajstić information content (AvgIpc) is 3.67. The number of ether oxygens (including phenoxy) is 2. The highest BCUT2D eigenvalue weighted by Gasteiger charge is 2.48. The van der Waals surface area contributed by atoms with Crippen molar-refractivity contribution in [1.82, 2.24) is 5.32 Å². The molecule has 3 aromatic rings. The van der Waals surface area contributed by atoms with Crippen molar-refractivity contribution in [1.29, 1.82) is 0 Å². The number of fused-ring (bicyclic) bond motifs is 3. The first-order valence-corrected chi connectivity index (χ1v) is 18.4. The number of benzene rings is 3. The third kappa shape index (κ3) is 8.67. The van der Waals surface area contributed by atoms with Gasteiger partial charge in [0, 0.05) is 36.4 Å². The van der Waals surface area contributed by atoms with Gasteiger partial charge in [-0.15, -0.1) is 0 Å². The van der Waals surface area contributed by atoms with Crippen molar-refractivity contribution >= 4 is 0 Å². The van der Waals surface area contributed by atoms with Crippen LogP contribution in [-0.2, 0) is 23.4 Å². The van der Waals surface area contributed by atoms with Gasteiger partial charge in [0.25, 0.3) is 0 Å². The number of rotatable bonds is 16. The second-order valence-electron chi connectivity index (χ2n) is 15.6. The fourth-order valence-electron chi connectivity index (χ4n) is 8.59. The van der Waals surface area contributed by atoms with E-state index >= 15 is 0 Å². The average molecular weight is 674 g/mol. The molecule has 8 heteroatoms. The molecule has 3 aliphatic heterocycles. The fourth-order valence-corrected chi connectivity index (χ4v) is 8.59. The van der Waals surface area contributed by atoms with Crippen LogP contribution >= 0.6 is 0 Å². The summed E-state index contributed by atoms with van der Waals surface area (Å²) in [5.41, 5.74) is 2.05. The quantitative estimate of drug-likeness (QED) is 0.126. The van der Waals surface area contributed by atoms with Crippen molar-refractivity contribution in [2.24, 2.45) is 11.8 Å². The SMILES string of the molecule is CC(C)(Cc1ccc(OCC[N+]23CCC(CC2)[C@@H](OCC(O)(c2ccccc2)C2CCCC2)C3)cc1)NC[C@H](O)c1ccc(O)c(CO)c1. The zero-order valence-corrected chi connectivity index (χ0v) is 29.4. The molecule has 3 heterocycles. The van der Waals surface area contributed by atoms with Gasteiger partial charge in [0.2, 0.25) is 0 Å². The minimum absolute atomic E-state index is 0.0287. The molecule has 3 aromatic carbocycles. The minimum atomic E-state index is -0.921. The van der Waals surface area contributed by atoms with Gasteiger partial charge in [0.05, 0.1) is 32.4 Å². The molecule has 1 saturated carbocycles. The van der Waals surface area contributed by atoms with E-state index in [1.54, 1.807) is 12.1 Å². The molecule has 3 saturated heterocycles. The first kappa shape index (κ1) is 35.8. The summed E-state index contributed by atoms with van der Waals surface area (Å²) < 4.78 is 14.0. The zero-order valence-electron chi connectivity index (χ0n) is 29.4. The van der Waals surface area contributed by atoms with Crippen LogP contribution in [0.3, 0.4) is 0 Å². The molecule has 266 valence electrons. The van der Waals surface area contributed by atoms with E-state index in [2.05, 4.69) is 55.6 Å². The highest BCUT2D eigenvalue weighted by molar-refractivity contribution is 5.36. The maximum Gasteiger partial charge on any atom is 0.137 e. The van der Waals surface area contributed by atoms with E-state index in [-0.39, 0.29) is 29.9 Å². The molecular formula is C41H57N2O6+. The van der Waals surface area contributed by atoms with Crippen LogP contribution in [0.2, 0.25) is 0 Å². The Hall–Kier alpha value is -2.98. The van der Waals surface area contributed by atoms with Crippen molar-refractivity contribution in [3.63, 3.8) is 0 Å². The molecule has 0 radical (unpaired) electrons. The summed E-state index contributed by atoms with van der Waals surface area (Å²) in [6, 6.07) is 23.4. The standard InChI is InChI=1S/C41H56N2O6/c1-40(2,42-26-38(46)32-14-17-37(45)33(24-32)28-44)25-30-12-15-36(16-13-30)48-23-22-43-20-18-31(19-21-43)39(27-43)49-29-41(47,35-10-6-7-11-35)34-8-4-3-5-9-34/h3-5,8-9,12-17,24,31,35,38-39,42,44,46-47H,6-7,10-11,18-23,25-29H2,1-2H3/p+1/t31?,38-,39-,41?,43?/m0/s1. The first-order chi connectivity index (χ1) is 23.6. The number of aliphatic hydroxyl groups excluding tert-OH is 2. The number of β-amino-alcohol motifs (C(OH)–C–C–N with tert-alkyl or cyclic N) is 1. The van der Waals surface area contributed by atoms with Gasteiger partial charge in [-0.3, -0.25) is 0 Å². The summed E-state index contributed by atoms with van der Waals surface area (Å²) in [6.45, 7) is 9.64. The Morgan fingerprint density at radius 3 is 2.35 bits per heavy atom. The van der Waals surface area contributed by atoms with Crippen LogP contribution in [0.5, 0.6) is 11.5 Å². The van der Waals surface area contributed by atoms with Crippen LogP contribution in [0, 0.1) is 11.8 Å². The summed E-state index contributed by atoms with van der Waals surface area (Å²) in [7, 11) is 0. The first-order valence-electron chi connectivity index (χ1n) is 18.4. The number of hydrogen-bond acceptors (Lipinski definition) is 7. The third-order valence-electron chi connectivity index (χ3n) is 11.7. The van der Waals surface area contributed by atoms with Crippen molar-refractivity contribution in [2.45, 2.75) is 88.7 Å². The van der Waals surface area contributed by atoms with Gasteiger partial charge in [0.1, 0.15) is 42.9 Å². The topological polar surface area (TPSA) is 111 Å². The number of aliphatic hydroxyl groups is 3. The van der Waals surface area contributed by atoms with Crippen molar-refractivity contribution in [3.8, 4) is 11.5 Å². The Bertz CT molecular complexity index is 1480. The van der Waals surface area contributed by atoms with Crippen LogP contribution in [0.1, 0.15) is 80.7 Å². The Kier molecular flexibility index (Phi) is 11.3. The van der Waals surface area contributed by atoms with E-state index in [4.69, 9.17) is 9.47 Å². The molecule has 4 aliphatic rings. The molecule has 7 rings (SSSR count). The van der Waals surface area contributed by atoms with E-state index in [1.807, 2.05) is 18.2 Å². The predicted octanol–water partition coefficient (Wildman–Crippen LogP) is 5.61. The van der Waals surface area contributed by atoms with Gasteiger partial charge in [0.15, 0.2) is 0 Å². The van der Waals surface area contributed by atoms with E-state index in [0.717, 1.165) is 48.1 Å². The molecule has 5 N–H and O–H groups in total. The van der Waals surface area contributed by atoms with Crippen molar-refractivity contribution in [2.75, 3.05) is 45.9 Å². The van der Waals surface area contributed by atoms with Crippen LogP contribution in [0.15, 0.2) is 72.8 Å². The Morgan fingerprint density at radius 1 is 0.939 bits per heavy atom. The van der Waals surface area contributed by atoms with Gasteiger partial charge in [-0.1, -0.05) is 61.4 Å². The summed E-state index contributed by atoms with van der Waals surface area (Å²) in [6.07, 6.45) is 7.05. The number of piperidine rings is 3. The molecule has 49 heavy (non-hydrogen) atoms. The lowest BCUT2D eigenvalue weighted by Gasteiger charge is -2.52. The third-order valence-corrected chi connectivity index (χ3v) is 11.7. The smallest absolute Gasteiger partial charge is 0.137 e. The lowest BCUT2D eigenvalue weighted by Crippen LogP contribution is -2.65. The monoisotopic (exact) mass is 673 g/mol. The molecule has 1 aliphatic carbocycles. The number of phenols is 1. The Morgan fingerprint density at radius 2 is 1.65 bits per heavy atom. The molecular weight excluding hydrogens is 616 g/mol. The van der Waals surface area contributed by atoms with Crippen molar-refractivity contribution in [3.05, 3.63) is 95.1 Å². The summed E-state index contributed by atoms with van der Waals surface area (Å²) in [5, 5.41) is 45.5. The van der Waals surface area contributed by atoms with Gasteiger partial charge < -0.3 is 39.7 Å². The highest BCUT2D eigenvalue weighted by Crippen LogP contribution is 2.42. The second-order valence-corrected chi connectivity index (χ2v) is 15.6. The van der Waals surface area contributed by atoms with E-state index in [1.165, 1.54) is 50.4 Å².